The van der Waals surface area contributed by atoms with Crippen LogP contribution in [-0.4, -0.2) is 57.2 Å². The standard InChI is InChI=1S/C10H23N3O3S/c1-10(2,3-8-14)9-12-17(15,16)13-6-4-11-5-7-13/h11-12,14H,3-9H2,1-2H3. The second-order valence-electron chi connectivity index (χ2n) is 5.11. The van der Waals surface area contributed by atoms with Gasteiger partial charge in [0.1, 0.15) is 0 Å². The van der Waals surface area contributed by atoms with Gasteiger partial charge >= 0.3 is 0 Å². The third kappa shape index (κ3) is 4.89. The summed E-state index contributed by atoms with van der Waals surface area (Å²) >= 11 is 0. The minimum absolute atomic E-state index is 0.0718. The molecule has 1 aliphatic heterocycles. The van der Waals surface area contributed by atoms with E-state index in [0.717, 1.165) is 0 Å². The van der Waals surface area contributed by atoms with Crippen LogP contribution in [0.4, 0.5) is 0 Å². The number of nitrogens with one attached hydrogen (secondary N) is 2. The molecule has 0 aliphatic carbocycles. The molecule has 0 aromatic rings. The van der Waals surface area contributed by atoms with Crippen molar-refractivity contribution >= 4 is 10.2 Å². The lowest BCUT2D eigenvalue weighted by Crippen LogP contribution is -2.51. The molecule has 7 heteroatoms. The van der Waals surface area contributed by atoms with Crippen molar-refractivity contribution in [3.63, 3.8) is 0 Å². The maximum absolute atomic E-state index is 12.0. The third-order valence-corrected chi connectivity index (χ3v) is 4.49. The molecule has 102 valence electrons. The Morgan fingerprint density at radius 1 is 1.35 bits per heavy atom. The molecule has 1 rings (SSSR count). The maximum atomic E-state index is 12.0. The number of hydrogen-bond donors (Lipinski definition) is 3. The number of aliphatic hydroxyl groups is 1. The predicted octanol–water partition coefficient (Wildman–Crippen LogP) is -0.865. The van der Waals surface area contributed by atoms with Gasteiger partial charge in [-0.3, -0.25) is 0 Å². The zero-order chi connectivity index (χ0) is 12.9. The fraction of sp³-hybridized carbons (Fsp3) is 1.00. The van der Waals surface area contributed by atoms with Crippen LogP contribution in [0, 0.1) is 5.41 Å². The summed E-state index contributed by atoms with van der Waals surface area (Å²) in [4.78, 5) is 0. The summed E-state index contributed by atoms with van der Waals surface area (Å²) in [5.41, 5.74) is -0.226. The summed E-state index contributed by atoms with van der Waals surface area (Å²) in [5.74, 6) is 0. The molecule has 0 radical (unpaired) electrons. The van der Waals surface area contributed by atoms with E-state index in [-0.39, 0.29) is 12.0 Å². The van der Waals surface area contributed by atoms with Gasteiger partial charge in [0.15, 0.2) is 0 Å². The fourth-order valence-corrected chi connectivity index (χ4v) is 3.07. The summed E-state index contributed by atoms with van der Waals surface area (Å²) in [7, 11) is -3.37. The molecule has 0 saturated carbocycles. The first-order valence-electron chi connectivity index (χ1n) is 5.94. The van der Waals surface area contributed by atoms with Crippen molar-refractivity contribution in [3.05, 3.63) is 0 Å². The Bertz CT molecular complexity index is 324. The van der Waals surface area contributed by atoms with E-state index in [0.29, 0.717) is 39.1 Å². The van der Waals surface area contributed by atoms with Gasteiger partial charge in [-0.1, -0.05) is 13.8 Å². The van der Waals surface area contributed by atoms with Gasteiger partial charge in [-0.05, 0) is 11.8 Å². The van der Waals surface area contributed by atoms with Gasteiger partial charge in [0, 0.05) is 39.3 Å². The lowest BCUT2D eigenvalue weighted by Gasteiger charge is -2.29. The van der Waals surface area contributed by atoms with E-state index in [1.807, 2.05) is 13.8 Å². The first-order valence-corrected chi connectivity index (χ1v) is 7.38. The Balaban J connectivity index is 2.49. The third-order valence-electron chi connectivity index (χ3n) is 2.94. The molecule has 0 bridgehead atoms. The smallest absolute Gasteiger partial charge is 0.279 e. The zero-order valence-corrected chi connectivity index (χ0v) is 11.4. The summed E-state index contributed by atoms with van der Waals surface area (Å²) in [6.45, 7) is 6.70. The second kappa shape index (κ2) is 6.10. The Labute approximate surface area is 104 Å². The Morgan fingerprint density at radius 3 is 2.47 bits per heavy atom. The maximum Gasteiger partial charge on any atom is 0.279 e. The minimum atomic E-state index is -3.37. The van der Waals surface area contributed by atoms with Crippen molar-refractivity contribution in [1.29, 1.82) is 0 Å². The van der Waals surface area contributed by atoms with Crippen LogP contribution < -0.4 is 10.0 Å². The molecule has 0 amide bonds. The monoisotopic (exact) mass is 265 g/mol. The second-order valence-corrected chi connectivity index (χ2v) is 6.87. The largest absolute Gasteiger partial charge is 0.396 e. The molecule has 0 unspecified atom stereocenters. The van der Waals surface area contributed by atoms with E-state index in [1.165, 1.54) is 4.31 Å². The van der Waals surface area contributed by atoms with Gasteiger partial charge in [-0.2, -0.15) is 12.7 Å². The number of piperazine rings is 1. The van der Waals surface area contributed by atoms with E-state index in [2.05, 4.69) is 10.0 Å². The molecule has 1 heterocycles. The molecule has 3 N–H and O–H groups in total. The Morgan fingerprint density at radius 2 is 1.94 bits per heavy atom. The number of nitrogens with zero attached hydrogens (tertiary/aromatic N) is 1. The fourth-order valence-electron chi connectivity index (χ4n) is 1.65. The van der Waals surface area contributed by atoms with Crippen molar-refractivity contribution in [2.24, 2.45) is 5.41 Å². The molecule has 6 nitrogen and oxygen atoms in total. The Kier molecular flexibility index (Phi) is 5.33. The lowest BCUT2D eigenvalue weighted by atomic mass is 9.90. The van der Waals surface area contributed by atoms with Crippen molar-refractivity contribution in [1.82, 2.24) is 14.3 Å². The normalized spacial score (nSPS) is 19.5. The van der Waals surface area contributed by atoms with Crippen LogP contribution in [0.15, 0.2) is 0 Å². The van der Waals surface area contributed by atoms with Crippen molar-refractivity contribution in [2.75, 3.05) is 39.3 Å². The van der Waals surface area contributed by atoms with Crippen LogP contribution in [0.5, 0.6) is 0 Å². The lowest BCUT2D eigenvalue weighted by molar-refractivity contribution is 0.212. The molecule has 1 saturated heterocycles. The number of rotatable bonds is 6. The molecule has 0 aromatic carbocycles. The quantitative estimate of drug-likeness (QED) is 0.583. The topological polar surface area (TPSA) is 81.7 Å². The van der Waals surface area contributed by atoms with E-state index in [9.17, 15) is 8.42 Å². The van der Waals surface area contributed by atoms with E-state index < -0.39 is 10.2 Å². The van der Waals surface area contributed by atoms with Gasteiger partial charge in [0.2, 0.25) is 0 Å². The molecular formula is C10H23N3O3S. The Hall–Kier alpha value is -0.210. The molecular weight excluding hydrogens is 242 g/mol. The highest BCUT2D eigenvalue weighted by atomic mass is 32.2. The average molecular weight is 265 g/mol. The number of hydrogen-bond acceptors (Lipinski definition) is 4. The SMILES string of the molecule is CC(C)(CCO)CNS(=O)(=O)N1CCNCC1. The average Bonchev–Trinajstić information content (AvgIpc) is 2.28. The highest BCUT2D eigenvalue weighted by Crippen LogP contribution is 2.18. The highest BCUT2D eigenvalue weighted by molar-refractivity contribution is 7.87. The molecule has 0 atom stereocenters. The zero-order valence-electron chi connectivity index (χ0n) is 10.6. The number of aliphatic hydroxyl groups excluding tert-OH is 1. The summed E-state index contributed by atoms with van der Waals surface area (Å²) in [6.07, 6.45) is 0.580. The van der Waals surface area contributed by atoms with Gasteiger partial charge in [0.25, 0.3) is 10.2 Å². The minimum Gasteiger partial charge on any atom is -0.396 e. The van der Waals surface area contributed by atoms with Gasteiger partial charge in [-0.25, -0.2) is 4.72 Å². The molecule has 1 aliphatic rings. The van der Waals surface area contributed by atoms with Gasteiger partial charge < -0.3 is 10.4 Å². The van der Waals surface area contributed by atoms with Crippen LogP contribution in [0.2, 0.25) is 0 Å². The highest BCUT2D eigenvalue weighted by Gasteiger charge is 2.26. The van der Waals surface area contributed by atoms with Crippen LogP contribution in [0.1, 0.15) is 20.3 Å². The van der Waals surface area contributed by atoms with Crippen molar-refractivity contribution < 1.29 is 13.5 Å². The van der Waals surface area contributed by atoms with E-state index in [4.69, 9.17) is 5.11 Å². The van der Waals surface area contributed by atoms with Crippen molar-refractivity contribution in [3.8, 4) is 0 Å². The molecule has 0 aromatic heterocycles. The van der Waals surface area contributed by atoms with Gasteiger partial charge in [0.05, 0.1) is 0 Å². The van der Waals surface area contributed by atoms with Crippen molar-refractivity contribution in [2.45, 2.75) is 20.3 Å². The van der Waals surface area contributed by atoms with Crippen LogP contribution in [0.3, 0.4) is 0 Å². The van der Waals surface area contributed by atoms with E-state index in [1.54, 1.807) is 0 Å². The van der Waals surface area contributed by atoms with Gasteiger partial charge in [-0.15, -0.1) is 0 Å². The first-order chi connectivity index (χ1) is 7.87. The van der Waals surface area contributed by atoms with E-state index >= 15 is 0 Å². The van der Waals surface area contributed by atoms with Crippen LogP contribution >= 0.6 is 0 Å². The molecule has 0 spiro atoms. The predicted molar refractivity (Wildman–Crippen MR) is 66.8 cm³/mol. The van der Waals surface area contributed by atoms with Crippen LogP contribution in [-0.2, 0) is 10.2 Å². The molecule has 1 fully saturated rings. The summed E-state index contributed by atoms with van der Waals surface area (Å²) < 4.78 is 28.0. The first kappa shape index (κ1) is 14.8. The summed E-state index contributed by atoms with van der Waals surface area (Å²) in [6, 6.07) is 0. The molecule has 17 heavy (non-hydrogen) atoms. The summed E-state index contributed by atoms with van der Waals surface area (Å²) in [5, 5.41) is 12.0. The van der Waals surface area contributed by atoms with Crippen LogP contribution in [0.25, 0.3) is 0 Å².